The molecule has 5 N–H and O–H groups in total. The summed E-state index contributed by atoms with van der Waals surface area (Å²) in [6.45, 7) is 0.372. The lowest BCUT2D eigenvalue weighted by atomic mass is 10.1. The predicted octanol–water partition coefficient (Wildman–Crippen LogP) is -0.896. The maximum atomic E-state index is 12.0. The van der Waals surface area contributed by atoms with Gasteiger partial charge in [0.2, 0.25) is 0 Å². The zero-order chi connectivity index (χ0) is 23.6. The Balaban J connectivity index is 2.09. The fourth-order valence-corrected chi connectivity index (χ4v) is 5.40. The second-order valence-corrected chi connectivity index (χ2v) is 10.3. The number of ether oxygens (including phenoxy) is 2. The van der Waals surface area contributed by atoms with Crippen LogP contribution in [0.2, 0.25) is 0 Å². The molecule has 0 aromatic carbocycles. The normalized spacial score (nSPS) is 25.1. The summed E-state index contributed by atoms with van der Waals surface area (Å²) < 4.78 is 57.0. The monoisotopic (exact) mass is 506 g/mol. The largest absolute Gasteiger partial charge is 0.490 e. The zero-order valence-electron chi connectivity index (χ0n) is 15.5. The molecule has 1 fully saturated rings. The molecule has 0 bridgehead atoms. The number of aromatic nitrogens is 2. The minimum atomic E-state index is -5.67. The van der Waals surface area contributed by atoms with Gasteiger partial charge in [-0.25, -0.2) is 18.5 Å². The van der Waals surface area contributed by atoms with Crippen molar-refractivity contribution >= 4 is 23.5 Å². The van der Waals surface area contributed by atoms with Gasteiger partial charge in [-0.15, -0.1) is 6.42 Å². The molecule has 0 saturated carbocycles. The Hall–Kier alpha value is -1.43. The summed E-state index contributed by atoms with van der Waals surface area (Å²) in [4.78, 5) is 61.1. The second-order valence-electron chi connectivity index (χ2n) is 5.91. The number of nitrogens with one attached hydrogen (secondary N) is 1. The fourth-order valence-electron chi connectivity index (χ4n) is 2.37. The minimum Gasteiger partial charge on any atom is -0.358 e. The van der Waals surface area contributed by atoms with Crippen LogP contribution in [-0.2, 0) is 36.3 Å². The molecule has 31 heavy (non-hydrogen) atoms. The first-order valence-electron chi connectivity index (χ1n) is 7.95. The van der Waals surface area contributed by atoms with Crippen molar-refractivity contribution in [3.05, 3.63) is 32.6 Å². The first kappa shape index (κ1) is 25.8. The van der Waals surface area contributed by atoms with Gasteiger partial charge in [-0.05, 0) is 6.92 Å². The van der Waals surface area contributed by atoms with E-state index in [1.54, 1.807) is 0 Å². The van der Waals surface area contributed by atoms with Crippen LogP contribution in [0.25, 0.3) is 0 Å². The van der Waals surface area contributed by atoms with Crippen molar-refractivity contribution in [2.45, 2.75) is 25.4 Å². The summed E-state index contributed by atoms with van der Waals surface area (Å²) in [7, 11) is -16.6. The van der Waals surface area contributed by atoms with E-state index in [1.807, 2.05) is 0 Å². The lowest BCUT2D eigenvalue weighted by Crippen LogP contribution is -2.56. The average molecular weight is 506 g/mol. The van der Waals surface area contributed by atoms with Gasteiger partial charge in [0.05, 0.1) is 6.61 Å². The molecule has 3 unspecified atom stereocenters. The Morgan fingerprint density at radius 2 is 1.84 bits per heavy atom. The number of phosphoric acid groups is 3. The zero-order valence-corrected chi connectivity index (χ0v) is 18.1. The summed E-state index contributed by atoms with van der Waals surface area (Å²) >= 11 is 0. The number of hydrogen-bond acceptors (Lipinski definition) is 10. The summed E-state index contributed by atoms with van der Waals surface area (Å²) in [6.07, 6.45) is 3.04. The lowest BCUT2D eigenvalue weighted by Gasteiger charge is -2.44. The highest BCUT2D eigenvalue weighted by Gasteiger charge is 2.48. The molecule has 1 aliphatic rings. The van der Waals surface area contributed by atoms with Gasteiger partial charge in [-0.2, -0.15) is 8.62 Å². The number of H-pyrrole nitrogens is 1. The molecule has 2 rings (SSSR count). The summed E-state index contributed by atoms with van der Waals surface area (Å²) in [5, 5.41) is 0. The van der Waals surface area contributed by atoms with Gasteiger partial charge in [-0.3, -0.25) is 18.9 Å². The van der Waals surface area contributed by atoms with Crippen molar-refractivity contribution in [3.8, 4) is 12.3 Å². The number of terminal acetylenes is 1. The number of aromatic amines is 1. The number of phosphoric ester groups is 1. The summed E-state index contributed by atoms with van der Waals surface area (Å²) in [5.41, 5.74) is -1.28. The number of nitrogens with zero attached hydrogens (tertiary/aromatic N) is 1. The Morgan fingerprint density at radius 3 is 2.42 bits per heavy atom. The topological polar surface area (TPSA) is 233 Å². The van der Waals surface area contributed by atoms with Gasteiger partial charge in [-0.1, -0.05) is 5.92 Å². The van der Waals surface area contributed by atoms with E-state index < -0.39 is 59.8 Å². The molecular formula is C12H17N2O14P3. The Kier molecular flexibility index (Phi) is 8.00. The van der Waals surface area contributed by atoms with E-state index in [0.29, 0.717) is 0 Å². The molecule has 0 radical (unpaired) electrons. The Bertz CT molecular complexity index is 1110. The van der Waals surface area contributed by atoms with Crippen LogP contribution in [0.3, 0.4) is 0 Å². The molecule has 1 aromatic heterocycles. The molecule has 19 heteroatoms. The van der Waals surface area contributed by atoms with Gasteiger partial charge in [0.25, 0.3) is 5.56 Å². The van der Waals surface area contributed by atoms with E-state index in [9.17, 15) is 28.2 Å². The van der Waals surface area contributed by atoms with Crippen LogP contribution in [0.1, 0.15) is 11.8 Å². The third kappa shape index (κ3) is 7.30. The first-order chi connectivity index (χ1) is 14.1. The van der Waals surface area contributed by atoms with Crippen LogP contribution in [0.5, 0.6) is 0 Å². The average Bonchev–Trinajstić information content (AvgIpc) is 2.55. The van der Waals surface area contributed by atoms with Crippen LogP contribution in [0.4, 0.5) is 0 Å². The highest BCUT2D eigenvalue weighted by molar-refractivity contribution is 7.66. The van der Waals surface area contributed by atoms with Crippen molar-refractivity contribution in [2.75, 3.05) is 13.2 Å². The maximum Gasteiger partial charge on any atom is 0.490 e. The molecule has 5 atom stereocenters. The molecule has 16 nitrogen and oxygen atoms in total. The van der Waals surface area contributed by atoms with E-state index >= 15 is 0 Å². The first-order valence-corrected chi connectivity index (χ1v) is 12.5. The smallest absolute Gasteiger partial charge is 0.358 e. The highest BCUT2D eigenvalue weighted by Crippen LogP contribution is 2.66. The summed E-state index contributed by atoms with van der Waals surface area (Å²) in [6, 6.07) is 0. The predicted molar refractivity (Wildman–Crippen MR) is 98.4 cm³/mol. The second kappa shape index (κ2) is 9.60. The molecule has 1 saturated heterocycles. The van der Waals surface area contributed by atoms with Crippen LogP contribution in [0.15, 0.2) is 15.8 Å². The molecule has 0 amide bonds. The Labute approximate surface area is 173 Å². The van der Waals surface area contributed by atoms with Gasteiger partial charge >= 0.3 is 29.2 Å². The van der Waals surface area contributed by atoms with E-state index in [2.05, 4.69) is 24.0 Å². The molecule has 0 aliphatic carbocycles. The van der Waals surface area contributed by atoms with E-state index in [0.717, 1.165) is 4.57 Å². The quantitative estimate of drug-likeness (QED) is 0.191. The molecule has 0 spiro atoms. The van der Waals surface area contributed by atoms with Crippen molar-refractivity contribution in [2.24, 2.45) is 0 Å². The van der Waals surface area contributed by atoms with E-state index in [-0.39, 0.29) is 12.2 Å². The van der Waals surface area contributed by atoms with Gasteiger partial charge in [0.15, 0.2) is 6.23 Å². The standard InChI is InChI=1S/C12H17N2O14P3/c1-3-4-24-9-8(26-11(9)14-5-7(2)10(15)13-12(14)16)6-25-30(20,21)28-31(22,23)27-29(17,18)19/h1,5,8-9,11H,4,6H2,2H3,(H,20,21)(H,22,23)(H,13,15,16)(H2,17,18,19)/t8-,9?,11-/m1/s1. The minimum absolute atomic E-state index is 0.176. The maximum absolute atomic E-state index is 12.0. The summed E-state index contributed by atoms with van der Waals surface area (Å²) in [5.74, 6) is 2.17. The third-order valence-corrected chi connectivity index (χ3v) is 7.36. The van der Waals surface area contributed by atoms with Gasteiger partial charge < -0.3 is 29.0 Å². The lowest BCUT2D eigenvalue weighted by molar-refractivity contribution is -0.278. The molecule has 1 aromatic rings. The molecule has 174 valence electrons. The van der Waals surface area contributed by atoms with E-state index in [4.69, 9.17) is 30.6 Å². The van der Waals surface area contributed by atoms with Crippen LogP contribution >= 0.6 is 23.5 Å². The Morgan fingerprint density at radius 1 is 1.19 bits per heavy atom. The van der Waals surface area contributed by atoms with Gasteiger partial charge in [0, 0.05) is 11.8 Å². The van der Waals surface area contributed by atoms with E-state index in [1.165, 1.54) is 13.1 Å². The molecule has 1 aliphatic heterocycles. The fraction of sp³-hybridized carbons (Fsp3) is 0.500. The number of hydrogen-bond donors (Lipinski definition) is 5. The van der Waals surface area contributed by atoms with Crippen LogP contribution in [0, 0.1) is 19.3 Å². The number of aryl methyl sites for hydroxylation is 1. The number of rotatable bonds is 10. The third-order valence-electron chi connectivity index (χ3n) is 3.56. The van der Waals surface area contributed by atoms with Crippen molar-refractivity contribution in [1.29, 1.82) is 0 Å². The van der Waals surface area contributed by atoms with Crippen LogP contribution in [-0.4, -0.2) is 54.5 Å². The van der Waals surface area contributed by atoms with Crippen molar-refractivity contribution in [3.63, 3.8) is 0 Å². The SMILES string of the molecule is C#CCOC1[C@H](n2cc(C)c(=O)[nH]c2=O)O[C@@H]1COP(=O)(O)OP(=O)(O)OP(=O)(O)O. The molecular weight excluding hydrogens is 489 g/mol. The van der Waals surface area contributed by atoms with Crippen LogP contribution < -0.4 is 11.2 Å². The van der Waals surface area contributed by atoms with Crippen molar-refractivity contribution in [1.82, 2.24) is 9.55 Å². The van der Waals surface area contributed by atoms with Crippen molar-refractivity contribution < 1.29 is 55.9 Å². The van der Waals surface area contributed by atoms with Gasteiger partial charge in [0.1, 0.15) is 18.8 Å². The molecule has 2 heterocycles. The highest BCUT2D eigenvalue weighted by atomic mass is 31.3.